The van der Waals surface area contributed by atoms with E-state index in [1.54, 1.807) is 12.1 Å². The summed E-state index contributed by atoms with van der Waals surface area (Å²) in [6.45, 7) is 3.61. The van der Waals surface area contributed by atoms with Crippen LogP contribution in [-0.2, 0) is 14.4 Å². The van der Waals surface area contributed by atoms with Crippen LogP contribution in [0.2, 0.25) is 0 Å². The van der Waals surface area contributed by atoms with E-state index in [9.17, 15) is 9.59 Å². The second kappa shape index (κ2) is 8.47. The molecule has 0 aliphatic rings. The van der Waals surface area contributed by atoms with E-state index in [-0.39, 0.29) is 12.5 Å². The predicted molar refractivity (Wildman–Crippen MR) is 94.1 cm³/mol. The lowest BCUT2D eigenvalue weighted by molar-refractivity contribution is -0.120. The van der Waals surface area contributed by atoms with Gasteiger partial charge in [-0.25, -0.2) is 0 Å². The first-order chi connectivity index (χ1) is 11.5. The molecule has 2 rings (SSSR count). The maximum Gasteiger partial charge on any atom is 0.270 e. The second-order valence-corrected chi connectivity index (χ2v) is 5.23. The molecule has 0 atom stereocenters. The Hall–Kier alpha value is -3.15. The number of nitrogens with zero attached hydrogens (tertiary/aromatic N) is 1. The molecule has 0 spiro atoms. The molecular formula is C18H19N3O3. The van der Waals surface area contributed by atoms with Gasteiger partial charge in [-0.3, -0.25) is 9.59 Å². The monoisotopic (exact) mass is 325 g/mol. The Labute approximate surface area is 140 Å². The fraction of sp³-hybridized carbons (Fsp3) is 0.167. The highest BCUT2D eigenvalue weighted by atomic mass is 16.6. The molecule has 0 heterocycles. The molecule has 0 aliphatic heterocycles. The van der Waals surface area contributed by atoms with E-state index in [1.165, 1.54) is 0 Å². The van der Waals surface area contributed by atoms with Crippen molar-refractivity contribution in [3.8, 4) is 0 Å². The molecule has 0 aliphatic carbocycles. The molecule has 2 aromatic rings. The summed E-state index contributed by atoms with van der Waals surface area (Å²) in [6, 6.07) is 14.7. The van der Waals surface area contributed by atoms with Gasteiger partial charge in [0, 0.05) is 11.4 Å². The van der Waals surface area contributed by atoms with Gasteiger partial charge in [0.2, 0.25) is 0 Å². The van der Waals surface area contributed by atoms with Gasteiger partial charge in [-0.2, -0.15) is 0 Å². The molecule has 2 aromatic carbocycles. The Bertz CT molecular complexity index is 742. The van der Waals surface area contributed by atoms with Gasteiger partial charge in [-0.1, -0.05) is 41.1 Å². The molecule has 0 radical (unpaired) electrons. The van der Waals surface area contributed by atoms with Crippen molar-refractivity contribution in [1.82, 2.24) is 0 Å². The summed E-state index contributed by atoms with van der Waals surface area (Å²) in [5.74, 6) is -0.779. The second-order valence-electron chi connectivity index (χ2n) is 5.23. The number of nitrogens with one attached hydrogen (secondary N) is 2. The van der Waals surface area contributed by atoms with E-state index in [4.69, 9.17) is 4.84 Å². The van der Waals surface area contributed by atoms with Crippen LogP contribution in [0.5, 0.6) is 0 Å². The van der Waals surface area contributed by atoms with Crippen molar-refractivity contribution < 1.29 is 14.4 Å². The average molecular weight is 325 g/mol. The smallest absolute Gasteiger partial charge is 0.270 e. The lowest BCUT2D eigenvalue weighted by Gasteiger charge is -2.06. The lowest BCUT2D eigenvalue weighted by Crippen LogP contribution is -2.18. The third-order valence-electron chi connectivity index (χ3n) is 3.14. The van der Waals surface area contributed by atoms with Crippen LogP contribution >= 0.6 is 0 Å². The van der Waals surface area contributed by atoms with Gasteiger partial charge in [0.25, 0.3) is 11.8 Å². The number of carbonyl (C=O) groups excluding carboxylic acids is 2. The third kappa shape index (κ3) is 5.57. The molecule has 0 aromatic heterocycles. The summed E-state index contributed by atoms with van der Waals surface area (Å²) in [4.78, 5) is 28.2. The first-order valence-corrected chi connectivity index (χ1v) is 7.43. The van der Waals surface area contributed by atoms with Gasteiger partial charge < -0.3 is 15.5 Å². The summed E-state index contributed by atoms with van der Waals surface area (Å²) in [7, 11) is 0. The first kappa shape index (κ1) is 17.2. The van der Waals surface area contributed by atoms with Crippen LogP contribution in [-0.4, -0.2) is 24.6 Å². The molecule has 0 bridgehead atoms. The van der Waals surface area contributed by atoms with Crippen LogP contribution < -0.4 is 10.6 Å². The maximum absolute atomic E-state index is 11.7. The fourth-order valence-electron chi connectivity index (χ4n) is 2.02. The third-order valence-corrected chi connectivity index (χ3v) is 3.14. The van der Waals surface area contributed by atoms with E-state index in [2.05, 4.69) is 15.8 Å². The van der Waals surface area contributed by atoms with Gasteiger partial charge in [0.05, 0.1) is 0 Å². The summed E-state index contributed by atoms with van der Waals surface area (Å²) in [5, 5.41) is 8.84. The number of oxime groups is 1. The van der Waals surface area contributed by atoms with Gasteiger partial charge >= 0.3 is 0 Å². The van der Waals surface area contributed by atoms with E-state index in [1.807, 2.05) is 50.2 Å². The molecular weight excluding hydrogens is 306 g/mol. The number of benzene rings is 2. The molecule has 0 saturated heterocycles. The number of amides is 2. The van der Waals surface area contributed by atoms with Gasteiger partial charge in [-0.15, -0.1) is 0 Å². The standard InChI is InChI=1S/C18H19N3O3/c1-13-8-9-16(14(2)10-13)21-17(22)11-19-24-12-18(23)20-15-6-4-3-5-7-15/h3-11H,12H2,1-2H3,(H,20,23)(H,21,22)/b19-11-. The average Bonchev–Trinajstić information content (AvgIpc) is 2.55. The van der Waals surface area contributed by atoms with Crippen molar-refractivity contribution in [2.75, 3.05) is 17.2 Å². The van der Waals surface area contributed by atoms with Crippen molar-refractivity contribution in [1.29, 1.82) is 0 Å². The summed E-state index contributed by atoms with van der Waals surface area (Å²) >= 11 is 0. The fourth-order valence-corrected chi connectivity index (χ4v) is 2.02. The van der Waals surface area contributed by atoms with Crippen molar-refractivity contribution >= 4 is 29.4 Å². The highest BCUT2D eigenvalue weighted by molar-refractivity contribution is 6.31. The molecule has 24 heavy (non-hydrogen) atoms. The maximum atomic E-state index is 11.7. The Morgan fingerprint density at radius 2 is 1.83 bits per heavy atom. The largest absolute Gasteiger partial charge is 0.385 e. The highest BCUT2D eigenvalue weighted by Crippen LogP contribution is 2.15. The Morgan fingerprint density at radius 1 is 1.08 bits per heavy atom. The number of carbonyl (C=O) groups is 2. The van der Waals surface area contributed by atoms with Crippen molar-refractivity contribution in [2.45, 2.75) is 13.8 Å². The van der Waals surface area contributed by atoms with Gasteiger partial charge in [0.15, 0.2) is 6.61 Å². The molecule has 2 N–H and O–H groups in total. The lowest BCUT2D eigenvalue weighted by atomic mass is 10.1. The minimum atomic E-state index is -0.426. The van der Waals surface area contributed by atoms with Crippen molar-refractivity contribution in [2.24, 2.45) is 5.16 Å². The molecule has 6 nitrogen and oxygen atoms in total. The minimum absolute atomic E-state index is 0.276. The molecule has 2 amide bonds. The quantitative estimate of drug-likeness (QED) is 0.633. The number of rotatable bonds is 6. The zero-order chi connectivity index (χ0) is 17.4. The Kier molecular flexibility index (Phi) is 6.08. The van der Waals surface area contributed by atoms with E-state index >= 15 is 0 Å². The summed E-state index contributed by atoms with van der Waals surface area (Å²) in [6.07, 6.45) is 0.995. The van der Waals surface area contributed by atoms with E-state index in [0.29, 0.717) is 11.4 Å². The van der Waals surface area contributed by atoms with Crippen LogP contribution in [0.1, 0.15) is 11.1 Å². The van der Waals surface area contributed by atoms with E-state index in [0.717, 1.165) is 17.3 Å². The first-order valence-electron chi connectivity index (χ1n) is 7.43. The SMILES string of the molecule is Cc1ccc(NC(=O)/C=N\OCC(=O)Nc2ccccc2)c(C)c1. The topological polar surface area (TPSA) is 79.8 Å². The number of hydrogen-bond acceptors (Lipinski definition) is 4. The van der Waals surface area contributed by atoms with Crippen LogP contribution in [0.25, 0.3) is 0 Å². The number of para-hydroxylation sites is 1. The van der Waals surface area contributed by atoms with Gasteiger partial charge in [0.1, 0.15) is 6.21 Å². The molecule has 0 unspecified atom stereocenters. The number of aryl methyl sites for hydroxylation is 2. The predicted octanol–water partition coefficient (Wildman–Crippen LogP) is 2.88. The molecule has 0 saturated carbocycles. The highest BCUT2D eigenvalue weighted by Gasteiger charge is 2.04. The minimum Gasteiger partial charge on any atom is -0.385 e. The number of hydrogen-bond donors (Lipinski definition) is 2. The summed E-state index contributed by atoms with van der Waals surface area (Å²) in [5.41, 5.74) is 3.45. The van der Waals surface area contributed by atoms with Gasteiger partial charge in [-0.05, 0) is 37.6 Å². The Morgan fingerprint density at radius 3 is 2.54 bits per heavy atom. The molecule has 6 heteroatoms. The Balaban J connectivity index is 1.75. The van der Waals surface area contributed by atoms with Crippen molar-refractivity contribution in [3.63, 3.8) is 0 Å². The van der Waals surface area contributed by atoms with Crippen LogP contribution in [0.3, 0.4) is 0 Å². The van der Waals surface area contributed by atoms with Crippen LogP contribution in [0, 0.1) is 13.8 Å². The van der Waals surface area contributed by atoms with E-state index < -0.39 is 5.91 Å². The zero-order valence-electron chi connectivity index (χ0n) is 13.6. The zero-order valence-corrected chi connectivity index (χ0v) is 13.6. The molecule has 0 fully saturated rings. The molecule has 124 valence electrons. The summed E-state index contributed by atoms with van der Waals surface area (Å²) < 4.78 is 0. The van der Waals surface area contributed by atoms with Crippen LogP contribution in [0.4, 0.5) is 11.4 Å². The normalized spacial score (nSPS) is 10.4. The van der Waals surface area contributed by atoms with Crippen LogP contribution in [0.15, 0.2) is 53.7 Å². The number of anilines is 2. The van der Waals surface area contributed by atoms with Crippen molar-refractivity contribution in [3.05, 3.63) is 59.7 Å².